The van der Waals surface area contributed by atoms with Crippen molar-refractivity contribution in [2.24, 2.45) is 0 Å². The highest BCUT2D eigenvalue weighted by Gasteiger charge is 2.19. The van der Waals surface area contributed by atoms with Gasteiger partial charge in [-0.3, -0.25) is 0 Å². The van der Waals surface area contributed by atoms with Crippen LogP contribution in [-0.2, 0) is 9.84 Å². The third-order valence-corrected chi connectivity index (χ3v) is 5.26. The van der Waals surface area contributed by atoms with Crippen molar-refractivity contribution in [3.05, 3.63) is 34.9 Å². The first-order valence-corrected chi connectivity index (χ1v) is 8.36. The number of nitrogens with zero attached hydrogens (tertiary/aromatic N) is 1. The van der Waals surface area contributed by atoms with Crippen LogP contribution < -0.4 is 0 Å². The van der Waals surface area contributed by atoms with Crippen LogP contribution in [-0.4, -0.2) is 25.0 Å². The number of alkyl halides is 1. The normalized spacial score (nSPS) is 11.9. The summed E-state index contributed by atoms with van der Waals surface area (Å²) in [7, 11) is -3.38. The third kappa shape index (κ3) is 2.68. The molecule has 96 valence electrons. The summed E-state index contributed by atoms with van der Waals surface area (Å²) in [6.07, 6.45) is 1.94. The van der Waals surface area contributed by atoms with E-state index in [1.165, 1.54) is 6.20 Å². The molecule has 0 saturated carbocycles. The van der Waals surface area contributed by atoms with Gasteiger partial charge in [0.1, 0.15) is 0 Å². The Hall–Kier alpha value is -0.650. The first kappa shape index (κ1) is 13.8. The fraction of sp³-hybridized carbons (Fsp3) is 0.250. The predicted octanol–water partition coefficient (Wildman–Crippen LogP) is 3.40. The van der Waals surface area contributed by atoms with Crippen LogP contribution in [0.5, 0.6) is 0 Å². The average Bonchev–Trinajstić information content (AvgIpc) is 2.36. The number of benzene rings is 1. The van der Waals surface area contributed by atoms with E-state index >= 15 is 0 Å². The maximum absolute atomic E-state index is 12.2. The molecular weight excluding hydrogens is 338 g/mol. The molecule has 0 radical (unpaired) electrons. The zero-order chi connectivity index (χ0) is 13.2. The van der Waals surface area contributed by atoms with Gasteiger partial charge in [0, 0.05) is 27.3 Å². The standard InChI is InChI=1S/C12H11BrClNO2S/c13-11-4-1-3-10-9(11)5-7-15-12(10)18(16,17)8-2-6-14/h1,3-5,7H,2,6,8H2. The van der Waals surface area contributed by atoms with E-state index in [4.69, 9.17) is 11.6 Å². The minimum Gasteiger partial charge on any atom is -0.244 e. The second-order valence-electron chi connectivity index (χ2n) is 3.81. The second-order valence-corrected chi connectivity index (χ2v) is 7.07. The molecule has 3 nitrogen and oxygen atoms in total. The Balaban J connectivity index is 2.62. The van der Waals surface area contributed by atoms with Gasteiger partial charge in [-0.05, 0) is 18.6 Å². The van der Waals surface area contributed by atoms with Crippen LogP contribution in [0.3, 0.4) is 0 Å². The maximum atomic E-state index is 12.2. The molecule has 2 rings (SSSR count). The molecule has 0 atom stereocenters. The summed E-state index contributed by atoms with van der Waals surface area (Å²) in [5.41, 5.74) is 0. The Kier molecular flexibility index (Phi) is 4.25. The highest BCUT2D eigenvalue weighted by atomic mass is 79.9. The molecule has 0 saturated heterocycles. The number of fused-ring (bicyclic) bond motifs is 1. The number of aromatic nitrogens is 1. The Labute approximate surface area is 119 Å². The lowest BCUT2D eigenvalue weighted by atomic mass is 10.2. The van der Waals surface area contributed by atoms with Crippen molar-refractivity contribution in [3.63, 3.8) is 0 Å². The molecule has 1 aromatic heterocycles. The van der Waals surface area contributed by atoms with E-state index in [1.807, 2.05) is 6.07 Å². The number of pyridine rings is 1. The van der Waals surface area contributed by atoms with Crippen molar-refractivity contribution in [2.45, 2.75) is 11.4 Å². The molecular formula is C12H11BrClNO2S. The van der Waals surface area contributed by atoms with Crippen LogP contribution in [0.4, 0.5) is 0 Å². The molecule has 6 heteroatoms. The molecule has 1 aromatic carbocycles. The van der Waals surface area contributed by atoms with Gasteiger partial charge in [0.05, 0.1) is 5.75 Å². The van der Waals surface area contributed by atoms with Crippen LogP contribution in [0.2, 0.25) is 0 Å². The van der Waals surface area contributed by atoms with Gasteiger partial charge in [-0.25, -0.2) is 13.4 Å². The molecule has 18 heavy (non-hydrogen) atoms. The lowest BCUT2D eigenvalue weighted by Crippen LogP contribution is -2.09. The van der Waals surface area contributed by atoms with E-state index in [-0.39, 0.29) is 10.8 Å². The van der Waals surface area contributed by atoms with Crippen molar-refractivity contribution < 1.29 is 8.42 Å². The molecule has 2 aromatic rings. The lowest BCUT2D eigenvalue weighted by molar-refractivity contribution is 0.592. The van der Waals surface area contributed by atoms with Gasteiger partial charge >= 0.3 is 0 Å². The Morgan fingerprint density at radius 3 is 2.72 bits per heavy atom. The van der Waals surface area contributed by atoms with Gasteiger partial charge in [-0.1, -0.05) is 28.1 Å². The van der Waals surface area contributed by atoms with Crippen LogP contribution in [0.25, 0.3) is 10.8 Å². The van der Waals surface area contributed by atoms with Crippen molar-refractivity contribution in [1.82, 2.24) is 4.98 Å². The van der Waals surface area contributed by atoms with Crippen LogP contribution >= 0.6 is 27.5 Å². The van der Waals surface area contributed by atoms with Gasteiger partial charge in [-0.15, -0.1) is 11.6 Å². The summed E-state index contributed by atoms with van der Waals surface area (Å²) < 4.78 is 25.2. The Morgan fingerprint density at radius 1 is 1.22 bits per heavy atom. The number of halogens is 2. The first-order valence-electron chi connectivity index (χ1n) is 5.38. The van der Waals surface area contributed by atoms with Gasteiger partial charge in [0.2, 0.25) is 0 Å². The summed E-state index contributed by atoms with van der Waals surface area (Å²) in [5, 5.41) is 1.62. The summed E-state index contributed by atoms with van der Waals surface area (Å²) in [5.74, 6) is 0.350. The van der Waals surface area contributed by atoms with Gasteiger partial charge in [0.15, 0.2) is 14.9 Å². The summed E-state index contributed by atoms with van der Waals surface area (Å²) in [4.78, 5) is 4.02. The van der Waals surface area contributed by atoms with E-state index < -0.39 is 9.84 Å². The van der Waals surface area contributed by atoms with Gasteiger partial charge in [-0.2, -0.15) is 0 Å². The Morgan fingerprint density at radius 2 is 2.00 bits per heavy atom. The molecule has 0 fully saturated rings. The quantitative estimate of drug-likeness (QED) is 0.796. The van der Waals surface area contributed by atoms with Gasteiger partial charge < -0.3 is 0 Å². The van der Waals surface area contributed by atoms with E-state index in [2.05, 4.69) is 20.9 Å². The number of hydrogen-bond donors (Lipinski definition) is 0. The van der Waals surface area contributed by atoms with E-state index in [0.717, 1.165) is 9.86 Å². The van der Waals surface area contributed by atoms with Crippen LogP contribution in [0.1, 0.15) is 6.42 Å². The maximum Gasteiger partial charge on any atom is 0.196 e. The highest BCUT2D eigenvalue weighted by Crippen LogP contribution is 2.27. The van der Waals surface area contributed by atoms with Crippen LogP contribution in [0, 0.1) is 0 Å². The molecule has 1 heterocycles. The first-order chi connectivity index (χ1) is 8.56. The molecule has 0 spiro atoms. The fourth-order valence-corrected chi connectivity index (χ4v) is 3.97. The van der Waals surface area contributed by atoms with Gasteiger partial charge in [0.25, 0.3) is 0 Å². The monoisotopic (exact) mass is 347 g/mol. The molecule has 0 unspecified atom stereocenters. The third-order valence-electron chi connectivity index (χ3n) is 2.56. The smallest absolute Gasteiger partial charge is 0.196 e. The largest absolute Gasteiger partial charge is 0.244 e. The fourth-order valence-electron chi connectivity index (χ4n) is 1.73. The number of sulfone groups is 1. The summed E-state index contributed by atoms with van der Waals surface area (Å²) in [6, 6.07) is 7.23. The summed E-state index contributed by atoms with van der Waals surface area (Å²) in [6.45, 7) is 0. The van der Waals surface area contributed by atoms with Crippen molar-refractivity contribution >= 4 is 48.1 Å². The molecule has 0 aliphatic heterocycles. The SMILES string of the molecule is O=S(=O)(CCCCl)c1nccc2c(Br)cccc12. The molecule has 0 aliphatic rings. The topological polar surface area (TPSA) is 47.0 Å². The molecule has 0 amide bonds. The zero-order valence-corrected chi connectivity index (χ0v) is 12.6. The number of hydrogen-bond acceptors (Lipinski definition) is 3. The molecule has 0 N–H and O–H groups in total. The highest BCUT2D eigenvalue weighted by molar-refractivity contribution is 9.10. The van der Waals surface area contributed by atoms with E-state index in [9.17, 15) is 8.42 Å². The lowest BCUT2D eigenvalue weighted by Gasteiger charge is -2.07. The zero-order valence-electron chi connectivity index (χ0n) is 9.44. The molecule has 0 bridgehead atoms. The molecule has 0 aliphatic carbocycles. The van der Waals surface area contributed by atoms with Crippen molar-refractivity contribution in [1.29, 1.82) is 0 Å². The average molecular weight is 349 g/mol. The van der Waals surface area contributed by atoms with Crippen molar-refractivity contribution in [2.75, 3.05) is 11.6 Å². The predicted molar refractivity (Wildman–Crippen MR) is 76.8 cm³/mol. The number of rotatable bonds is 4. The minimum absolute atomic E-state index is 0.0229. The second kappa shape index (κ2) is 5.55. The van der Waals surface area contributed by atoms with E-state index in [0.29, 0.717) is 17.7 Å². The van der Waals surface area contributed by atoms with E-state index in [1.54, 1.807) is 18.2 Å². The Bertz CT molecular complexity index is 673. The summed E-state index contributed by atoms with van der Waals surface area (Å²) >= 11 is 8.95. The minimum atomic E-state index is -3.38. The van der Waals surface area contributed by atoms with Crippen LogP contribution in [0.15, 0.2) is 40.0 Å². The van der Waals surface area contributed by atoms with Crippen molar-refractivity contribution in [3.8, 4) is 0 Å².